The van der Waals surface area contributed by atoms with E-state index in [4.69, 9.17) is 34.8 Å². The standard InChI is InChI=1S/C27H28Cl3FN4O3/c28-17-3-2-16(21(29)12-17)14-32-27(38)20-15-35(18-4-5-18)24-19(26(20)37)13-22(31)25(23(24)30)34-7-1-6-33(8-9-34)10-11-36/h2-3,12-13,15,18,36H,1,4-11,14H2,(H,32,38). The Labute approximate surface area is 234 Å². The summed E-state index contributed by atoms with van der Waals surface area (Å²) in [4.78, 5) is 30.6. The Morgan fingerprint density at radius 3 is 2.61 bits per heavy atom. The summed E-state index contributed by atoms with van der Waals surface area (Å²) in [5.74, 6) is -1.17. The maximum atomic E-state index is 15.6. The summed E-state index contributed by atoms with van der Waals surface area (Å²) in [5, 5.41) is 13.2. The zero-order chi connectivity index (χ0) is 27.0. The largest absolute Gasteiger partial charge is 0.395 e. The van der Waals surface area contributed by atoms with E-state index in [0.717, 1.165) is 25.8 Å². The van der Waals surface area contributed by atoms with Crippen LogP contribution in [0.5, 0.6) is 0 Å². The number of fused-ring (bicyclic) bond motifs is 1. The lowest BCUT2D eigenvalue weighted by Gasteiger charge is -2.26. The van der Waals surface area contributed by atoms with Gasteiger partial charge in [0.05, 0.1) is 28.2 Å². The van der Waals surface area contributed by atoms with Gasteiger partial charge in [-0.3, -0.25) is 14.5 Å². The fourth-order valence-corrected chi connectivity index (χ4v) is 5.90. The molecule has 1 aromatic heterocycles. The third-order valence-electron chi connectivity index (χ3n) is 7.14. The molecule has 11 heteroatoms. The molecule has 0 unspecified atom stereocenters. The molecular weight excluding hydrogens is 554 g/mol. The van der Waals surface area contributed by atoms with E-state index in [-0.39, 0.29) is 40.9 Å². The topological polar surface area (TPSA) is 77.8 Å². The maximum Gasteiger partial charge on any atom is 0.257 e. The summed E-state index contributed by atoms with van der Waals surface area (Å²) in [6.07, 6.45) is 4.09. The quantitative estimate of drug-likeness (QED) is 0.416. The van der Waals surface area contributed by atoms with Gasteiger partial charge < -0.3 is 19.9 Å². The SMILES string of the molecule is O=C(NCc1ccc(Cl)cc1Cl)c1cn(C2CC2)c2c(Cl)c(N3CCCN(CCO)CC3)c(F)cc2c1=O. The van der Waals surface area contributed by atoms with Gasteiger partial charge in [-0.15, -0.1) is 0 Å². The number of anilines is 1. The van der Waals surface area contributed by atoms with Crippen molar-refractivity contribution >= 4 is 57.3 Å². The molecule has 0 radical (unpaired) electrons. The summed E-state index contributed by atoms with van der Waals surface area (Å²) in [6.45, 7) is 3.36. The highest BCUT2D eigenvalue weighted by molar-refractivity contribution is 6.38. The molecule has 1 aliphatic carbocycles. The number of hydrogen-bond donors (Lipinski definition) is 2. The number of benzene rings is 2. The summed E-state index contributed by atoms with van der Waals surface area (Å²) in [7, 11) is 0. The molecule has 1 saturated heterocycles. The molecule has 2 aliphatic rings. The van der Waals surface area contributed by atoms with Crippen LogP contribution in [0, 0.1) is 5.82 Å². The van der Waals surface area contributed by atoms with Crippen molar-refractivity contribution in [3.63, 3.8) is 0 Å². The predicted octanol–water partition coefficient (Wildman–Crippen LogP) is 4.87. The molecule has 1 amide bonds. The number of nitrogens with zero attached hydrogens (tertiary/aromatic N) is 3. The number of rotatable bonds is 7. The van der Waals surface area contributed by atoms with Crippen LogP contribution < -0.4 is 15.6 Å². The lowest BCUT2D eigenvalue weighted by atomic mass is 10.1. The Bertz CT molecular complexity index is 1440. The number of amides is 1. The molecule has 1 saturated carbocycles. The highest BCUT2D eigenvalue weighted by Gasteiger charge is 2.30. The number of aliphatic hydroxyl groups excluding tert-OH is 1. The van der Waals surface area contributed by atoms with Crippen LogP contribution in [-0.2, 0) is 6.54 Å². The van der Waals surface area contributed by atoms with Crippen molar-refractivity contribution in [1.29, 1.82) is 0 Å². The van der Waals surface area contributed by atoms with Gasteiger partial charge in [-0.25, -0.2) is 4.39 Å². The van der Waals surface area contributed by atoms with Crippen molar-refractivity contribution in [2.45, 2.75) is 31.8 Å². The molecule has 38 heavy (non-hydrogen) atoms. The van der Waals surface area contributed by atoms with Crippen molar-refractivity contribution in [3.05, 3.63) is 72.7 Å². The fraction of sp³-hybridized carbons (Fsp3) is 0.407. The van der Waals surface area contributed by atoms with E-state index >= 15 is 4.39 Å². The number of β-amino-alcohol motifs (C(OH)–C–C–N with tert-alkyl or cyclic N) is 1. The van der Waals surface area contributed by atoms with Crippen LogP contribution >= 0.6 is 34.8 Å². The third-order valence-corrected chi connectivity index (χ3v) is 8.09. The number of halogens is 4. The first-order valence-corrected chi connectivity index (χ1v) is 13.8. The zero-order valence-electron chi connectivity index (χ0n) is 20.7. The first-order valence-electron chi connectivity index (χ1n) is 12.7. The molecule has 2 fully saturated rings. The minimum absolute atomic E-state index is 0.0708. The van der Waals surface area contributed by atoms with E-state index in [1.54, 1.807) is 24.4 Å². The molecule has 2 heterocycles. The average molecular weight is 582 g/mol. The van der Waals surface area contributed by atoms with Crippen molar-refractivity contribution in [1.82, 2.24) is 14.8 Å². The molecule has 3 aromatic rings. The van der Waals surface area contributed by atoms with E-state index < -0.39 is 17.2 Å². The number of nitrogens with one attached hydrogen (secondary N) is 1. The molecule has 7 nitrogen and oxygen atoms in total. The van der Waals surface area contributed by atoms with Gasteiger partial charge in [0.1, 0.15) is 11.4 Å². The van der Waals surface area contributed by atoms with Gasteiger partial charge in [-0.05, 0) is 49.6 Å². The summed E-state index contributed by atoms with van der Waals surface area (Å²) >= 11 is 19.0. The molecular formula is C27H28Cl3FN4O3. The van der Waals surface area contributed by atoms with Crippen molar-refractivity contribution in [3.8, 4) is 0 Å². The number of carbonyl (C=O) groups is 1. The van der Waals surface area contributed by atoms with E-state index in [9.17, 15) is 14.7 Å². The second kappa shape index (κ2) is 11.4. The summed E-state index contributed by atoms with van der Waals surface area (Å²) < 4.78 is 17.4. The number of carbonyl (C=O) groups excluding carboxylic acids is 1. The van der Waals surface area contributed by atoms with Gasteiger partial charge in [0, 0.05) is 55.0 Å². The Hall–Kier alpha value is -2.36. The Balaban J connectivity index is 1.50. The van der Waals surface area contributed by atoms with Gasteiger partial charge in [-0.1, -0.05) is 40.9 Å². The summed E-state index contributed by atoms with van der Waals surface area (Å²) in [5.41, 5.74) is 0.722. The zero-order valence-corrected chi connectivity index (χ0v) is 22.9. The van der Waals surface area contributed by atoms with Crippen LogP contribution in [-0.4, -0.2) is 59.8 Å². The van der Waals surface area contributed by atoms with Crippen molar-refractivity contribution < 1.29 is 14.3 Å². The first-order chi connectivity index (χ1) is 18.3. The molecule has 0 bridgehead atoms. The Morgan fingerprint density at radius 1 is 1.11 bits per heavy atom. The molecule has 1 aliphatic heterocycles. The normalized spacial score (nSPS) is 16.6. The Morgan fingerprint density at radius 2 is 1.89 bits per heavy atom. The Kier molecular flexibility index (Phi) is 8.16. The second-order valence-electron chi connectivity index (χ2n) is 9.75. The van der Waals surface area contributed by atoms with Gasteiger partial charge in [0.15, 0.2) is 0 Å². The van der Waals surface area contributed by atoms with Crippen LogP contribution in [0.1, 0.15) is 41.2 Å². The minimum Gasteiger partial charge on any atom is -0.395 e. The van der Waals surface area contributed by atoms with Gasteiger partial charge in [-0.2, -0.15) is 0 Å². The molecule has 202 valence electrons. The average Bonchev–Trinajstić information content (AvgIpc) is 3.73. The highest BCUT2D eigenvalue weighted by atomic mass is 35.5. The van der Waals surface area contributed by atoms with E-state index in [0.29, 0.717) is 47.3 Å². The maximum absolute atomic E-state index is 15.6. The smallest absolute Gasteiger partial charge is 0.257 e. The molecule has 0 spiro atoms. The van der Waals surface area contributed by atoms with E-state index in [1.165, 1.54) is 6.07 Å². The van der Waals surface area contributed by atoms with E-state index in [2.05, 4.69) is 10.2 Å². The van der Waals surface area contributed by atoms with Crippen LogP contribution in [0.15, 0.2) is 35.3 Å². The lowest BCUT2D eigenvalue weighted by molar-refractivity contribution is 0.0949. The molecule has 2 aromatic carbocycles. The molecule has 0 atom stereocenters. The number of aliphatic hydroxyl groups is 1. The minimum atomic E-state index is -0.594. The van der Waals surface area contributed by atoms with Gasteiger partial charge in [0.25, 0.3) is 5.91 Å². The van der Waals surface area contributed by atoms with Crippen LogP contribution in [0.3, 0.4) is 0 Å². The first kappa shape index (κ1) is 27.2. The lowest BCUT2D eigenvalue weighted by Crippen LogP contribution is -2.33. The van der Waals surface area contributed by atoms with Crippen molar-refractivity contribution in [2.24, 2.45) is 0 Å². The monoisotopic (exact) mass is 580 g/mol. The second-order valence-corrected chi connectivity index (χ2v) is 11.0. The number of hydrogen-bond acceptors (Lipinski definition) is 5. The number of pyridine rings is 1. The highest BCUT2D eigenvalue weighted by Crippen LogP contribution is 2.42. The van der Waals surface area contributed by atoms with Crippen LogP contribution in [0.25, 0.3) is 10.9 Å². The number of aromatic nitrogens is 1. The molecule has 5 rings (SSSR count). The van der Waals surface area contributed by atoms with E-state index in [1.807, 2.05) is 9.47 Å². The van der Waals surface area contributed by atoms with Crippen LogP contribution in [0.4, 0.5) is 10.1 Å². The predicted molar refractivity (Wildman–Crippen MR) is 149 cm³/mol. The van der Waals surface area contributed by atoms with Crippen molar-refractivity contribution in [2.75, 3.05) is 44.2 Å². The van der Waals surface area contributed by atoms with Crippen LogP contribution in [0.2, 0.25) is 15.1 Å². The van der Waals surface area contributed by atoms with Gasteiger partial charge in [0.2, 0.25) is 5.43 Å². The third kappa shape index (κ3) is 5.51. The fourth-order valence-electron chi connectivity index (χ4n) is 5.02. The summed E-state index contributed by atoms with van der Waals surface area (Å²) in [6, 6.07) is 6.24. The molecule has 2 N–H and O–H groups in total. The van der Waals surface area contributed by atoms with Gasteiger partial charge >= 0.3 is 0 Å².